The fourth-order valence-corrected chi connectivity index (χ4v) is 3.48. The summed E-state index contributed by atoms with van der Waals surface area (Å²) < 4.78 is 0.240. The lowest BCUT2D eigenvalue weighted by Crippen LogP contribution is -2.51. The van der Waals surface area contributed by atoms with E-state index in [1.54, 1.807) is 0 Å². The summed E-state index contributed by atoms with van der Waals surface area (Å²) in [6.07, 6.45) is 0. The number of carbonyl (C=O) groups excluding carboxylic acids is 1. The Hall–Kier alpha value is -0.910. The van der Waals surface area contributed by atoms with Crippen molar-refractivity contribution in [3.8, 4) is 0 Å². The third kappa shape index (κ3) is 5.71. The fraction of sp³-hybridized carbons (Fsp3) is 0.875. The van der Waals surface area contributed by atoms with Crippen LogP contribution in [0.25, 0.3) is 0 Å². The average molecular weight is 329 g/mol. The van der Waals surface area contributed by atoms with Gasteiger partial charge in [0.25, 0.3) is 0 Å². The zero-order valence-electron chi connectivity index (χ0n) is 15.0. The van der Waals surface area contributed by atoms with Gasteiger partial charge in [-0.05, 0) is 41.5 Å². The molecule has 1 fully saturated rings. The summed E-state index contributed by atoms with van der Waals surface area (Å²) in [5, 5.41) is 6.26. The SMILES string of the molecule is CCNC(=O)C(C)(C)CN=C(NCC)N1CCSC(C)(C)C1. The molecule has 0 aromatic heterocycles. The zero-order chi connectivity index (χ0) is 16.8. The summed E-state index contributed by atoms with van der Waals surface area (Å²) in [7, 11) is 0. The van der Waals surface area contributed by atoms with Gasteiger partial charge in [0, 0.05) is 36.7 Å². The molecule has 0 bridgehead atoms. The van der Waals surface area contributed by atoms with E-state index in [0.717, 1.165) is 31.3 Å². The van der Waals surface area contributed by atoms with Crippen LogP contribution in [-0.4, -0.2) is 60.0 Å². The van der Waals surface area contributed by atoms with Gasteiger partial charge in [-0.25, -0.2) is 0 Å². The molecule has 1 amide bonds. The molecular weight excluding hydrogens is 296 g/mol. The van der Waals surface area contributed by atoms with Gasteiger partial charge in [0.05, 0.1) is 12.0 Å². The fourth-order valence-electron chi connectivity index (χ4n) is 2.37. The lowest BCUT2D eigenvalue weighted by molar-refractivity contribution is -0.128. The van der Waals surface area contributed by atoms with Gasteiger partial charge in [-0.2, -0.15) is 11.8 Å². The number of guanidine groups is 1. The van der Waals surface area contributed by atoms with Crippen molar-refractivity contribution in [3.05, 3.63) is 0 Å². The van der Waals surface area contributed by atoms with Crippen molar-refractivity contribution in [1.29, 1.82) is 0 Å². The standard InChI is InChI=1S/C16H32N4OS/c1-7-17-13(21)15(3,4)11-19-14(18-8-2)20-9-10-22-16(5,6)12-20/h7-12H2,1-6H3,(H,17,21)(H,18,19). The first-order valence-electron chi connectivity index (χ1n) is 8.17. The Labute approximate surface area is 139 Å². The highest BCUT2D eigenvalue weighted by molar-refractivity contribution is 8.00. The number of aliphatic imine (C=N–C) groups is 1. The lowest BCUT2D eigenvalue weighted by Gasteiger charge is -2.39. The molecule has 0 unspecified atom stereocenters. The molecule has 1 aliphatic heterocycles. The van der Waals surface area contributed by atoms with Crippen molar-refractivity contribution in [1.82, 2.24) is 15.5 Å². The van der Waals surface area contributed by atoms with Crippen LogP contribution in [0, 0.1) is 5.41 Å². The molecule has 0 aromatic carbocycles. The van der Waals surface area contributed by atoms with Crippen LogP contribution >= 0.6 is 11.8 Å². The minimum atomic E-state index is -0.489. The van der Waals surface area contributed by atoms with Crippen LogP contribution in [-0.2, 0) is 4.79 Å². The van der Waals surface area contributed by atoms with E-state index in [1.807, 2.05) is 32.5 Å². The first-order chi connectivity index (χ1) is 10.2. The molecule has 1 saturated heterocycles. The number of amides is 1. The molecule has 2 N–H and O–H groups in total. The van der Waals surface area contributed by atoms with Gasteiger partial charge in [0.2, 0.25) is 5.91 Å². The highest BCUT2D eigenvalue weighted by atomic mass is 32.2. The smallest absolute Gasteiger partial charge is 0.227 e. The number of hydrogen-bond acceptors (Lipinski definition) is 3. The minimum Gasteiger partial charge on any atom is -0.357 e. The second kappa shape index (κ2) is 8.09. The molecule has 0 radical (unpaired) electrons. The van der Waals surface area contributed by atoms with E-state index in [-0.39, 0.29) is 10.7 Å². The summed E-state index contributed by atoms with van der Waals surface area (Å²) in [6, 6.07) is 0. The van der Waals surface area contributed by atoms with Crippen LogP contribution in [0.2, 0.25) is 0 Å². The molecule has 0 aliphatic carbocycles. The number of thioether (sulfide) groups is 1. The predicted octanol–water partition coefficient (Wildman–Crippen LogP) is 1.94. The van der Waals surface area contributed by atoms with Crippen molar-refractivity contribution in [2.24, 2.45) is 10.4 Å². The maximum absolute atomic E-state index is 12.1. The van der Waals surface area contributed by atoms with Crippen LogP contribution in [0.4, 0.5) is 0 Å². The highest BCUT2D eigenvalue weighted by Gasteiger charge is 2.30. The summed E-state index contributed by atoms with van der Waals surface area (Å²) >= 11 is 2.01. The highest BCUT2D eigenvalue weighted by Crippen LogP contribution is 2.29. The second-order valence-electron chi connectivity index (χ2n) is 6.94. The molecule has 0 spiro atoms. The summed E-state index contributed by atoms with van der Waals surface area (Å²) in [6.45, 7) is 16.4. The Balaban J connectivity index is 2.79. The normalized spacial score (nSPS) is 19.0. The molecule has 5 nitrogen and oxygen atoms in total. The van der Waals surface area contributed by atoms with E-state index in [9.17, 15) is 4.79 Å². The molecule has 0 atom stereocenters. The summed E-state index contributed by atoms with van der Waals surface area (Å²) in [4.78, 5) is 19.1. The molecule has 0 aromatic rings. The lowest BCUT2D eigenvalue weighted by atomic mass is 9.92. The summed E-state index contributed by atoms with van der Waals surface area (Å²) in [5.74, 6) is 2.09. The van der Waals surface area contributed by atoms with Gasteiger partial charge in [-0.15, -0.1) is 0 Å². The van der Waals surface area contributed by atoms with Crippen LogP contribution in [0.1, 0.15) is 41.5 Å². The van der Waals surface area contributed by atoms with Gasteiger partial charge in [0.15, 0.2) is 5.96 Å². The Morgan fingerprint density at radius 2 is 1.91 bits per heavy atom. The Morgan fingerprint density at radius 1 is 1.27 bits per heavy atom. The maximum Gasteiger partial charge on any atom is 0.227 e. The second-order valence-corrected chi connectivity index (χ2v) is 8.75. The monoisotopic (exact) mass is 328 g/mol. The van der Waals surface area contributed by atoms with Gasteiger partial charge in [-0.1, -0.05) is 0 Å². The third-order valence-corrected chi connectivity index (χ3v) is 4.93. The van der Waals surface area contributed by atoms with E-state index in [1.165, 1.54) is 0 Å². The Kier molecular flexibility index (Phi) is 7.03. The average Bonchev–Trinajstić information content (AvgIpc) is 2.42. The van der Waals surface area contributed by atoms with Crippen molar-refractivity contribution in [2.45, 2.75) is 46.3 Å². The minimum absolute atomic E-state index is 0.0594. The molecule has 0 saturated carbocycles. The quantitative estimate of drug-likeness (QED) is 0.598. The van der Waals surface area contributed by atoms with E-state index < -0.39 is 5.41 Å². The third-order valence-electron chi connectivity index (χ3n) is 3.64. The van der Waals surface area contributed by atoms with Crippen molar-refractivity contribution < 1.29 is 4.79 Å². The predicted molar refractivity (Wildman–Crippen MR) is 96.6 cm³/mol. The van der Waals surface area contributed by atoms with Gasteiger partial charge in [-0.3, -0.25) is 9.79 Å². The van der Waals surface area contributed by atoms with Gasteiger partial charge >= 0.3 is 0 Å². The van der Waals surface area contributed by atoms with Crippen molar-refractivity contribution in [3.63, 3.8) is 0 Å². The molecular formula is C16H32N4OS. The largest absolute Gasteiger partial charge is 0.357 e. The molecule has 1 aliphatic rings. The molecule has 128 valence electrons. The van der Waals surface area contributed by atoms with Crippen LogP contribution < -0.4 is 10.6 Å². The van der Waals surface area contributed by atoms with Crippen LogP contribution in [0.3, 0.4) is 0 Å². The van der Waals surface area contributed by atoms with E-state index >= 15 is 0 Å². The number of nitrogens with one attached hydrogen (secondary N) is 2. The Bertz CT molecular complexity index is 407. The number of hydrogen-bond donors (Lipinski definition) is 2. The van der Waals surface area contributed by atoms with Gasteiger partial charge < -0.3 is 15.5 Å². The molecule has 6 heteroatoms. The Morgan fingerprint density at radius 3 is 2.45 bits per heavy atom. The van der Waals surface area contributed by atoms with Crippen molar-refractivity contribution in [2.75, 3.05) is 38.5 Å². The summed E-state index contributed by atoms with van der Waals surface area (Å²) in [5.41, 5.74) is -0.489. The first kappa shape index (κ1) is 19.1. The topological polar surface area (TPSA) is 56.7 Å². The van der Waals surface area contributed by atoms with E-state index in [4.69, 9.17) is 4.99 Å². The molecule has 22 heavy (non-hydrogen) atoms. The van der Waals surface area contributed by atoms with E-state index in [2.05, 4.69) is 36.3 Å². The number of nitrogens with zero attached hydrogens (tertiary/aromatic N) is 2. The van der Waals surface area contributed by atoms with Crippen LogP contribution in [0.15, 0.2) is 4.99 Å². The van der Waals surface area contributed by atoms with Crippen molar-refractivity contribution >= 4 is 23.6 Å². The maximum atomic E-state index is 12.1. The zero-order valence-corrected chi connectivity index (χ0v) is 15.8. The molecule has 1 heterocycles. The first-order valence-corrected chi connectivity index (χ1v) is 9.16. The number of rotatable bonds is 5. The van der Waals surface area contributed by atoms with E-state index in [0.29, 0.717) is 13.1 Å². The number of carbonyl (C=O) groups is 1. The van der Waals surface area contributed by atoms with Crippen LogP contribution in [0.5, 0.6) is 0 Å². The molecule has 1 rings (SSSR count). The van der Waals surface area contributed by atoms with Gasteiger partial charge in [0.1, 0.15) is 0 Å².